The van der Waals surface area contributed by atoms with Crippen LogP contribution in [-0.2, 0) is 4.79 Å². The molecule has 0 radical (unpaired) electrons. The number of hydrogen-bond donors (Lipinski definition) is 0. The minimum absolute atomic E-state index is 0.0281. The number of benzene rings is 1. The first-order valence-electron chi connectivity index (χ1n) is 5.32. The molecule has 2 rings (SSSR count). The quantitative estimate of drug-likeness (QED) is 0.711. The lowest BCUT2D eigenvalue weighted by Crippen LogP contribution is -2.42. The first-order chi connectivity index (χ1) is 7.61. The summed E-state index contributed by atoms with van der Waals surface area (Å²) >= 11 is 6.93. The van der Waals surface area contributed by atoms with Gasteiger partial charge in [0, 0.05) is 16.7 Å². The van der Waals surface area contributed by atoms with Gasteiger partial charge in [-0.15, -0.1) is 0 Å². The molecule has 1 fully saturated rings. The highest BCUT2D eigenvalue weighted by atomic mass is 79.9. The maximum absolute atomic E-state index is 12.1. The van der Waals surface area contributed by atoms with Crippen molar-refractivity contribution in [2.24, 2.45) is 0 Å². The lowest BCUT2D eigenvalue weighted by Gasteiger charge is -2.31. The fourth-order valence-electron chi connectivity index (χ4n) is 1.96. The van der Waals surface area contributed by atoms with Crippen molar-refractivity contribution in [3.63, 3.8) is 0 Å². The van der Waals surface area contributed by atoms with Gasteiger partial charge in [-0.05, 0) is 37.5 Å². The van der Waals surface area contributed by atoms with E-state index in [9.17, 15) is 4.79 Å². The molecular formula is C12H13Br2NO. The summed E-state index contributed by atoms with van der Waals surface area (Å²) in [5.74, 6) is 0.174. The molecule has 1 saturated heterocycles. The van der Waals surface area contributed by atoms with Crippen LogP contribution < -0.4 is 4.90 Å². The SMILES string of the molecule is Cc1c(Br)cccc1N1CCCC(Br)C1=O. The number of halogens is 2. The Morgan fingerprint density at radius 1 is 1.44 bits per heavy atom. The average Bonchev–Trinajstić information content (AvgIpc) is 2.27. The van der Waals surface area contributed by atoms with Crippen LogP contribution in [0.4, 0.5) is 5.69 Å². The third-order valence-corrected chi connectivity index (χ3v) is 4.61. The van der Waals surface area contributed by atoms with E-state index in [1.54, 1.807) is 0 Å². The van der Waals surface area contributed by atoms with E-state index >= 15 is 0 Å². The molecule has 0 spiro atoms. The van der Waals surface area contributed by atoms with Crippen LogP contribution >= 0.6 is 31.9 Å². The highest BCUT2D eigenvalue weighted by Gasteiger charge is 2.28. The van der Waals surface area contributed by atoms with Crippen molar-refractivity contribution in [3.05, 3.63) is 28.2 Å². The van der Waals surface area contributed by atoms with E-state index in [0.29, 0.717) is 0 Å². The van der Waals surface area contributed by atoms with Gasteiger partial charge in [-0.3, -0.25) is 4.79 Å². The van der Waals surface area contributed by atoms with Crippen LogP contribution in [-0.4, -0.2) is 17.3 Å². The summed E-state index contributed by atoms with van der Waals surface area (Å²) in [6.45, 7) is 2.85. The molecule has 16 heavy (non-hydrogen) atoms. The zero-order chi connectivity index (χ0) is 11.7. The molecule has 1 amide bonds. The van der Waals surface area contributed by atoms with E-state index < -0.39 is 0 Å². The zero-order valence-corrected chi connectivity index (χ0v) is 12.2. The van der Waals surface area contributed by atoms with Crippen LogP contribution in [0.15, 0.2) is 22.7 Å². The predicted molar refractivity (Wildman–Crippen MR) is 73.2 cm³/mol. The highest BCUT2D eigenvalue weighted by molar-refractivity contribution is 9.10. The molecule has 0 aromatic heterocycles. The molecular weight excluding hydrogens is 334 g/mol. The Morgan fingerprint density at radius 3 is 2.94 bits per heavy atom. The molecule has 1 aromatic carbocycles. The maximum atomic E-state index is 12.1. The van der Waals surface area contributed by atoms with E-state index in [0.717, 1.165) is 35.1 Å². The van der Waals surface area contributed by atoms with Crippen molar-refractivity contribution >= 4 is 43.5 Å². The second-order valence-corrected chi connectivity index (χ2v) is 5.94. The molecule has 1 unspecified atom stereocenters. The molecule has 0 saturated carbocycles. The van der Waals surface area contributed by atoms with E-state index in [2.05, 4.69) is 31.9 Å². The number of carbonyl (C=O) groups excluding carboxylic acids is 1. The van der Waals surface area contributed by atoms with Gasteiger partial charge in [0.1, 0.15) is 0 Å². The Morgan fingerprint density at radius 2 is 2.19 bits per heavy atom. The summed E-state index contributed by atoms with van der Waals surface area (Å²) in [6.07, 6.45) is 1.98. The molecule has 0 N–H and O–H groups in total. The average molecular weight is 347 g/mol. The van der Waals surface area contributed by atoms with Gasteiger partial charge in [0.2, 0.25) is 5.91 Å². The second-order valence-electron chi connectivity index (χ2n) is 3.98. The van der Waals surface area contributed by atoms with Gasteiger partial charge in [-0.25, -0.2) is 0 Å². The lowest BCUT2D eigenvalue weighted by molar-refractivity contribution is -0.118. The Bertz CT molecular complexity index is 419. The number of amides is 1. The van der Waals surface area contributed by atoms with E-state index in [1.807, 2.05) is 30.0 Å². The minimum Gasteiger partial charge on any atom is -0.311 e. The van der Waals surface area contributed by atoms with Crippen molar-refractivity contribution in [2.45, 2.75) is 24.6 Å². The van der Waals surface area contributed by atoms with Crippen molar-refractivity contribution in [3.8, 4) is 0 Å². The van der Waals surface area contributed by atoms with Crippen LogP contribution in [0.25, 0.3) is 0 Å². The zero-order valence-electron chi connectivity index (χ0n) is 9.04. The summed E-state index contributed by atoms with van der Waals surface area (Å²) in [5, 5.41) is 0. The summed E-state index contributed by atoms with van der Waals surface area (Å²) in [5.41, 5.74) is 2.14. The number of alkyl halides is 1. The predicted octanol–water partition coefficient (Wildman–Crippen LogP) is 3.65. The maximum Gasteiger partial charge on any atom is 0.240 e. The molecule has 1 aliphatic heterocycles. The van der Waals surface area contributed by atoms with E-state index in [1.165, 1.54) is 0 Å². The second kappa shape index (κ2) is 4.88. The monoisotopic (exact) mass is 345 g/mol. The number of rotatable bonds is 1. The van der Waals surface area contributed by atoms with Gasteiger partial charge >= 0.3 is 0 Å². The van der Waals surface area contributed by atoms with Crippen molar-refractivity contribution in [1.82, 2.24) is 0 Å². The third-order valence-electron chi connectivity index (χ3n) is 2.90. The van der Waals surface area contributed by atoms with E-state index in [-0.39, 0.29) is 10.7 Å². The number of hydrogen-bond acceptors (Lipinski definition) is 1. The van der Waals surface area contributed by atoms with Crippen LogP contribution in [0.5, 0.6) is 0 Å². The van der Waals surface area contributed by atoms with Gasteiger partial charge in [-0.1, -0.05) is 37.9 Å². The Balaban J connectivity index is 2.36. The smallest absolute Gasteiger partial charge is 0.240 e. The van der Waals surface area contributed by atoms with Crippen LogP contribution in [0.2, 0.25) is 0 Å². The fraction of sp³-hybridized carbons (Fsp3) is 0.417. The summed E-state index contributed by atoms with van der Waals surface area (Å²) < 4.78 is 1.05. The Labute approximate surface area is 112 Å². The number of anilines is 1. The number of piperidine rings is 1. The molecule has 1 aromatic rings. The van der Waals surface area contributed by atoms with Crippen molar-refractivity contribution < 1.29 is 4.79 Å². The summed E-state index contributed by atoms with van der Waals surface area (Å²) in [6, 6.07) is 5.97. The molecule has 0 aliphatic carbocycles. The molecule has 1 heterocycles. The van der Waals surface area contributed by atoms with Gasteiger partial charge < -0.3 is 4.90 Å². The molecule has 0 bridgehead atoms. The van der Waals surface area contributed by atoms with Gasteiger partial charge in [0.25, 0.3) is 0 Å². The van der Waals surface area contributed by atoms with Crippen LogP contribution in [0.3, 0.4) is 0 Å². The highest BCUT2D eigenvalue weighted by Crippen LogP contribution is 2.30. The molecule has 4 heteroatoms. The standard InChI is InChI=1S/C12H13Br2NO/c1-8-9(13)4-2-6-11(8)15-7-3-5-10(14)12(15)16/h2,4,6,10H,3,5,7H2,1H3. The molecule has 1 atom stereocenters. The van der Waals surface area contributed by atoms with Gasteiger partial charge in [0.15, 0.2) is 0 Å². The third kappa shape index (κ3) is 2.18. The Hall–Kier alpha value is -0.350. The lowest BCUT2D eigenvalue weighted by atomic mass is 10.1. The van der Waals surface area contributed by atoms with Crippen molar-refractivity contribution in [2.75, 3.05) is 11.4 Å². The Kier molecular flexibility index (Phi) is 3.70. The minimum atomic E-state index is -0.0281. The van der Waals surface area contributed by atoms with E-state index in [4.69, 9.17) is 0 Å². The molecule has 1 aliphatic rings. The molecule has 2 nitrogen and oxygen atoms in total. The first kappa shape index (κ1) is 12.1. The fourth-order valence-corrected chi connectivity index (χ4v) is 2.89. The van der Waals surface area contributed by atoms with Gasteiger partial charge in [-0.2, -0.15) is 0 Å². The summed E-state index contributed by atoms with van der Waals surface area (Å²) in [7, 11) is 0. The van der Waals surface area contributed by atoms with Crippen LogP contribution in [0.1, 0.15) is 18.4 Å². The van der Waals surface area contributed by atoms with Crippen molar-refractivity contribution in [1.29, 1.82) is 0 Å². The number of nitrogens with zero attached hydrogens (tertiary/aromatic N) is 1. The number of carbonyl (C=O) groups is 1. The topological polar surface area (TPSA) is 20.3 Å². The molecule has 86 valence electrons. The largest absolute Gasteiger partial charge is 0.311 e. The van der Waals surface area contributed by atoms with Gasteiger partial charge in [0.05, 0.1) is 4.83 Å². The normalized spacial score (nSPS) is 21.3. The first-order valence-corrected chi connectivity index (χ1v) is 7.02. The van der Waals surface area contributed by atoms with Crippen LogP contribution in [0, 0.1) is 6.92 Å². The summed E-state index contributed by atoms with van der Waals surface area (Å²) in [4.78, 5) is 13.9.